The van der Waals surface area contributed by atoms with Crippen molar-refractivity contribution in [2.24, 2.45) is 0 Å². The van der Waals surface area contributed by atoms with E-state index in [2.05, 4.69) is 67.1 Å². The average molecular weight is 704 g/mol. The van der Waals surface area contributed by atoms with Crippen LogP contribution in [0.5, 0.6) is 0 Å². The number of nitriles is 2. The van der Waals surface area contributed by atoms with Gasteiger partial charge in [-0.2, -0.15) is 10.5 Å². The van der Waals surface area contributed by atoms with Crippen molar-refractivity contribution in [1.29, 1.82) is 10.5 Å². The minimum Gasteiger partial charge on any atom is -0.355 e. The topological polar surface area (TPSA) is 165 Å². The summed E-state index contributed by atoms with van der Waals surface area (Å²) in [6, 6.07) is 15.6. The van der Waals surface area contributed by atoms with E-state index < -0.39 is 0 Å². The maximum Gasteiger partial charge on any atom is 0.251 e. The summed E-state index contributed by atoms with van der Waals surface area (Å²) in [7, 11) is 0. The van der Waals surface area contributed by atoms with Crippen molar-refractivity contribution < 1.29 is 14.4 Å². The molecule has 1 aromatic carbocycles. The van der Waals surface area contributed by atoms with Gasteiger partial charge in [-0.3, -0.25) is 14.4 Å². The van der Waals surface area contributed by atoms with Gasteiger partial charge in [0.25, 0.3) is 11.8 Å². The van der Waals surface area contributed by atoms with E-state index in [1.165, 1.54) is 11.1 Å². The smallest absolute Gasteiger partial charge is 0.251 e. The Balaban J connectivity index is 0.000000179. The van der Waals surface area contributed by atoms with Crippen molar-refractivity contribution in [3.05, 3.63) is 83.2 Å². The number of fused-ring (bicyclic) bond motifs is 1. The zero-order chi connectivity index (χ0) is 36.5. The summed E-state index contributed by atoms with van der Waals surface area (Å²) in [4.78, 5) is 55.0. The van der Waals surface area contributed by atoms with E-state index in [9.17, 15) is 14.4 Å². The van der Waals surface area contributed by atoms with Crippen LogP contribution in [0.1, 0.15) is 58.0 Å². The van der Waals surface area contributed by atoms with E-state index >= 15 is 0 Å². The average Bonchev–Trinajstić information content (AvgIpc) is 3.76. The largest absolute Gasteiger partial charge is 0.355 e. The number of nitrogens with one attached hydrogen (secondary N) is 2. The summed E-state index contributed by atoms with van der Waals surface area (Å²) in [6.45, 7) is 8.77. The van der Waals surface area contributed by atoms with Crippen molar-refractivity contribution in [3.63, 3.8) is 0 Å². The highest BCUT2D eigenvalue weighted by molar-refractivity contribution is 5.95. The molecule has 6 heterocycles. The normalized spacial score (nSPS) is 19.7. The Morgan fingerprint density at radius 1 is 0.712 bits per heavy atom. The molecular weight excluding hydrogens is 658 g/mol. The second kappa shape index (κ2) is 16.9. The monoisotopic (exact) mass is 703 g/mol. The molecule has 14 heteroatoms. The molecule has 4 aliphatic rings. The first kappa shape index (κ1) is 35.9. The van der Waals surface area contributed by atoms with Crippen LogP contribution >= 0.6 is 0 Å². The van der Waals surface area contributed by atoms with E-state index in [1.54, 1.807) is 47.3 Å². The number of hydrogen-bond acceptors (Lipinski definition) is 11. The number of carbonyl (C=O) groups is 3. The fourth-order valence-electron chi connectivity index (χ4n) is 7.09. The van der Waals surface area contributed by atoms with Gasteiger partial charge in [0, 0.05) is 108 Å². The molecule has 2 unspecified atom stereocenters. The molecule has 2 N–H and O–H groups in total. The summed E-state index contributed by atoms with van der Waals surface area (Å²) < 4.78 is 0. The van der Waals surface area contributed by atoms with Crippen LogP contribution in [0.2, 0.25) is 0 Å². The lowest BCUT2D eigenvalue weighted by molar-refractivity contribution is -0.128. The molecule has 3 saturated heterocycles. The van der Waals surface area contributed by atoms with Crippen LogP contribution in [0, 0.1) is 22.9 Å². The summed E-state index contributed by atoms with van der Waals surface area (Å²) in [5.74, 6) is 1.44. The fourth-order valence-corrected chi connectivity index (χ4v) is 7.09. The minimum atomic E-state index is -0.140. The van der Waals surface area contributed by atoms with Gasteiger partial charge < -0.3 is 35.1 Å². The summed E-state index contributed by atoms with van der Waals surface area (Å²) in [6.07, 6.45) is 11.0. The first-order valence-electron chi connectivity index (χ1n) is 17.9. The molecule has 14 nitrogen and oxygen atoms in total. The number of benzene rings is 1. The molecule has 52 heavy (non-hydrogen) atoms. The van der Waals surface area contributed by atoms with Gasteiger partial charge in [-0.15, -0.1) is 0 Å². The highest BCUT2D eigenvalue weighted by atomic mass is 16.2. The summed E-state index contributed by atoms with van der Waals surface area (Å²) in [5, 5.41) is 23.9. The standard InChI is InChI=1S/C20H21N5O.C18H24N6O2/c21-14-24-9-7-18(13-24)23-20(26)16-5-8-22-19(11-16)25-10-6-15-3-1-2-4-17(15)12-25;1-14(25)23-6-2-7-24(10-9-23)17-11-15(3-5-20-17)18(26)21-16-4-8-22(12-16)13-19/h1-5,8,11,18H,6-7,9-10,12-13H2,(H,23,26);3,5,11,16H,2,4,6-10,12H2,1H3,(H,21,26). The van der Waals surface area contributed by atoms with Crippen LogP contribution in [0.4, 0.5) is 11.6 Å². The molecule has 0 radical (unpaired) electrons. The van der Waals surface area contributed by atoms with Gasteiger partial charge in [-0.05, 0) is 61.1 Å². The van der Waals surface area contributed by atoms with Crippen molar-refractivity contribution in [1.82, 2.24) is 35.3 Å². The molecule has 0 aliphatic carbocycles. The van der Waals surface area contributed by atoms with Crippen LogP contribution in [0.3, 0.4) is 0 Å². The highest BCUT2D eigenvalue weighted by Crippen LogP contribution is 2.24. The van der Waals surface area contributed by atoms with E-state index in [0.29, 0.717) is 50.4 Å². The van der Waals surface area contributed by atoms with Crippen molar-refractivity contribution in [3.8, 4) is 12.4 Å². The number of hydrogen-bond donors (Lipinski definition) is 2. The SMILES string of the molecule is CC(=O)N1CCCN(c2cc(C(=O)NC3CCN(C#N)C3)ccn2)CC1.N#CN1CCC(NC(=O)c2ccnc(N3CCc4ccccc4C3)c2)C1. The fraction of sp³-hybridized carbons (Fsp3) is 0.447. The first-order chi connectivity index (χ1) is 25.3. The molecule has 2 aromatic heterocycles. The molecule has 270 valence electrons. The van der Waals surface area contributed by atoms with Gasteiger partial charge in [-0.1, -0.05) is 24.3 Å². The number of anilines is 2. The van der Waals surface area contributed by atoms with Crippen molar-refractivity contribution in [2.75, 3.05) is 68.7 Å². The van der Waals surface area contributed by atoms with E-state index in [1.807, 2.05) is 11.0 Å². The van der Waals surface area contributed by atoms with Gasteiger partial charge in [-0.25, -0.2) is 9.97 Å². The van der Waals surface area contributed by atoms with E-state index in [4.69, 9.17) is 10.5 Å². The Hall–Kier alpha value is -5.89. The Morgan fingerprint density at radius 3 is 1.85 bits per heavy atom. The van der Waals surface area contributed by atoms with Crippen LogP contribution in [0.15, 0.2) is 60.9 Å². The second-order valence-electron chi connectivity index (χ2n) is 13.6. The molecule has 3 amide bonds. The summed E-state index contributed by atoms with van der Waals surface area (Å²) >= 11 is 0. The number of pyridine rings is 2. The Labute approximate surface area is 304 Å². The third-order valence-electron chi connectivity index (χ3n) is 10.1. The van der Waals surface area contributed by atoms with Gasteiger partial charge >= 0.3 is 0 Å². The zero-order valence-electron chi connectivity index (χ0n) is 29.6. The molecular formula is C38H45N11O3. The number of likely N-dealkylation sites (tertiary alicyclic amines) is 2. The van der Waals surface area contributed by atoms with Crippen molar-refractivity contribution >= 4 is 29.4 Å². The van der Waals surface area contributed by atoms with Gasteiger partial charge in [0.2, 0.25) is 5.91 Å². The Kier molecular flexibility index (Phi) is 11.7. The van der Waals surface area contributed by atoms with Crippen LogP contribution in [-0.2, 0) is 17.8 Å². The quantitative estimate of drug-likeness (QED) is 0.362. The number of rotatable bonds is 6. The van der Waals surface area contributed by atoms with Gasteiger partial charge in [0.1, 0.15) is 11.6 Å². The van der Waals surface area contributed by atoms with E-state index in [0.717, 1.165) is 63.5 Å². The first-order valence-corrected chi connectivity index (χ1v) is 17.9. The maximum atomic E-state index is 12.6. The predicted molar refractivity (Wildman–Crippen MR) is 195 cm³/mol. The van der Waals surface area contributed by atoms with Crippen LogP contribution in [-0.4, -0.2) is 113 Å². The third-order valence-corrected chi connectivity index (χ3v) is 10.1. The number of amides is 3. The number of nitrogens with zero attached hydrogens (tertiary/aromatic N) is 9. The molecule has 2 atom stereocenters. The summed E-state index contributed by atoms with van der Waals surface area (Å²) in [5.41, 5.74) is 3.89. The lowest BCUT2D eigenvalue weighted by Gasteiger charge is -2.30. The zero-order valence-corrected chi connectivity index (χ0v) is 29.6. The van der Waals surface area contributed by atoms with Crippen LogP contribution in [0.25, 0.3) is 0 Å². The van der Waals surface area contributed by atoms with E-state index in [-0.39, 0.29) is 29.8 Å². The van der Waals surface area contributed by atoms with Crippen LogP contribution < -0.4 is 20.4 Å². The van der Waals surface area contributed by atoms with Crippen molar-refractivity contribution in [2.45, 2.75) is 51.2 Å². The third kappa shape index (κ3) is 9.06. The second-order valence-corrected chi connectivity index (χ2v) is 13.6. The number of carbonyl (C=O) groups excluding carboxylic acids is 3. The highest BCUT2D eigenvalue weighted by Gasteiger charge is 2.26. The van der Waals surface area contributed by atoms with Gasteiger partial charge in [0.15, 0.2) is 12.4 Å². The molecule has 3 aromatic rings. The number of aromatic nitrogens is 2. The minimum absolute atomic E-state index is 0.000997. The molecule has 0 saturated carbocycles. The molecule has 4 aliphatic heterocycles. The Bertz CT molecular complexity index is 1840. The maximum absolute atomic E-state index is 12.6. The predicted octanol–water partition coefficient (Wildman–Crippen LogP) is 2.35. The molecule has 7 rings (SSSR count). The molecule has 3 fully saturated rings. The lowest BCUT2D eigenvalue weighted by Crippen LogP contribution is -2.36. The van der Waals surface area contributed by atoms with Gasteiger partial charge in [0.05, 0.1) is 0 Å². The molecule has 0 spiro atoms. The Morgan fingerprint density at radius 2 is 1.29 bits per heavy atom. The molecule has 0 bridgehead atoms. The lowest BCUT2D eigenvalue weighted by atomic mass is 10.00.